The average Bonchev–Trinajstić information content (AvgIpc) is 2.11. The van der Waals surface area contributed by atoms with Crippen LogP contribution in [0.2, 0.25) is 5.02 Å². The topological polar surface area (TPSA) is 59.1 Å². The van der Waals surface area contributed by atoms with Gasteiger partial charge >= 0.3 is 0 Å². The summed E-state index contributed by atoms with van der Waals surface area (Å²) in [6, 6.07) is 5.48. The van der Waals surface area contributed by atoms with Crippen LogP contribution in [0.5, 0.6) is 5.75 Å². The minimum atomic E-state index is -0.450. The highest BCUT2D eigenvalue weighted by atomic mass is 35.5. The number of benzene rings is 1. The fourth-order valence-electron chi connectivity index (χ4n) is 0.955. The summed E-state index contributed by atoms with van der Waals surface area (Å²) in [6.45, 7) is 3.66. The minimum Gasteiger partial charge on any atom is -0.481 e. The van der Waals surface area contributed by atoms with Crippen LogP contribution in [0, 0.1) is 12.3 Å². The molecule has 0 fully saturated rings. The predicted molar refractivity (Wildman–Crippen MR) is 58.2 cm³/mol. The summed E-state index contributed by atoms with van der Waals surface area (Å²) >= 11 is 5.91. The van der Waals surface area contributed by atoms with Gasteiger partial charge in [0, 0.05) is 0 Å². The van der Waals surface area contributed by atoms with Gasteiger partial charge in [-0.1, -0.05) is 17.7 Å². The van der Waals surface area contributed by atoms with E-state index in [-0.39, 0.29) is 5.84 Å². The number of amidine groups is 1. The Labute approximate surface area is 88.3 Å². The number of halogens is 1. The van der Waals surface area contributed by atoms with Gasteiger partial charge in [0.1, 0.15) is 11.6 Å². The molecule has 76 valence electrons. The zero-order valence-electron chi connectivity index (χ0n) is 8.17. The predicted octanol–water partition coefficient (Wildman–Crippen LogP) is 2.35. The fourth-order valence-corrected chi connectivity index (χ4v) is 1.12. The average molecular weight is 213 g/mol. The highest BCUT2D eigenvalue weighted by Crippen LogP contribution is 2.26. The summed E-state index contributed by atoms with van der Waals surface area (Å²) in [5.41, 5.74) is 6.34. The lowest BCUT2D eigenvalue weighted by atomic mass is 10.2. The van der Waals surface area contributed by atoms with Crippen molar-refractivity contribution in [3.63, 3.8) is 0 Å². The van der Waals surface area contributed by atoms with Crippen molar-refractivity contribution in [1.82, 2.24) is 0 Å². The van der Waals surface area contributed by atoms with Crippen molar-refractivity contribution >= 4 is 17.4 Å². The van der Waals surface area contributed by atoms with Gasteiger partial charge in [0.2, 0.25) is 0 Å². The lowest BCUT2D eigenvalue weighted by molar-refractivity contribution is 0.285. The van der Waals surface area contributed by atoms with E-state index >= 15 is 0 Å². The highest BCUT2D eigenvalue weighted by Gasteiger charge is 2.09. The van der Waals surface area contributed by atoms with Gasteiger partial charge in [-0.2, -0.15) is 0 Å². The first kappa shape index (κ1) is 10.9. The minimum absolute atomic E-state index is 0.0115. The molecule has 1 rings (SSSR count). The SMILES string of the molecule is Cc1ccc(Cl)c(OC(C)C(=N)N)c1. The molecule has 0 aliphatic carbocycles. The normalized spacial score (nSPS) is 12.2. The first-order chi connectivity index (χ1) is 6.50. The molecular formula is C10H13ClN2O. The lowest BCUT2D eigenvalue weighted by Gasteiger charge is -2.14. The molecule has 14 heavy (non-hydrogen) atoms. The van der Waals surface area contributed by atoms with Crippen LogP contribution in [-0.4, -0.2) is 11.9 Å². The third-order valence-corrected chi connectivity index (χ3v) is 2.14. The third kappa shape index (κ3) is 2.64. The summed E-state index contributed by atoms with van der Waals surface area (Å²) in [5, 5.41) is 7.71. The summed E-state index contributed by atoms with van der Waals surface area (Å²) in [5.74, 6) is 0.553. The maximum absolute atomic E-state index is 7.18. The molecular weight excluding hydrogens is 200 g/mol. The van der Waals surface area contributed by atoms with E-state index in [1.165, 1.54) is 0 Å². The van der Waals surface area contributed by atoms with E-state index < -0.39 is 6.10 Å². The largest absolute Gasteiger partial charge is 0.481 e. The number of ether oxygens (including phenoxy) is 1. The van der Waals surface area contributed by atoms with Gasteiger partial charge < -0.3 is 10.5 Å². The van der Waals surface area contributed by atoms with Crippen molar-refractivity contribution < 1.29 is 4.74 Å². The van der Waals surface area contributed by atoms with E-state index in [2.05, 4.69) is 0 Å². The second-order valence-corrected chi connectivity index (χ2v) is 3.56. The molecule has 0 saturated heterocycles. The molecule has 0 bridgehead atoms. The number of aryl methyl sites for hydroxylation is 1. The lowest BCUT2D eigenvalue weighted by Crippen LogP contribution is -2.30. The Morgan fingerprint density at radius 1 is 1.57 bits per heavy atom. The van der Waals surface area contributed by atoms with Crippen LogP contribution in [0.3, 0.4) is 0 Å². The van der Waals surface area contributed by atoms with Crippen molar-refractivity contribution in [2.45, 2.75) is 20.0 Å². The maximum atomic E-state index is 7.18. The van der Waals surface area contributed by atoms with Gasteiger partial charge in [-0.05, 0) is 31.5 Å². The van der Waals surface area contributed by atoms with Gasteiger partial charge in [-0.25, -0.2) is 0 Å². The Morgan fingerprint density at radius 2 is 2.21 bits per heavy atom. The number of hydrogen-bond donors (Lipinski definition) is 2. The fraction of sp³-hybridized carbons (Fsp3) is 0.300. The van der Waals surface area contributed by atoms with E-state index in [9.17, 15) is 0 Å². The molecule has 0 aliphatic rings. The van der Waals surface area contributed by atoms with Crippen LogP contribution < -0.4 is 10.5 Å². The summed E-state index contributed by atoms with van der Waals surface area (Å²) in [4.78, 5) is 0. The van der Waals surface area contributed by atoms with Crippen LogP contribution in [0.15, 0.2) is 18.2 Å². The molecule has 0 heterocycles. The van der Waals surface area contributed by atoms with Gasteiger partial charge in [-0.3, -0.25) is 5.41 Å². The molecule has 0 aromatic heterocycles. The zero-order valence-corrected chi connectivity index (χ0v) is 8.93. The van der Waals surface area contributed by atoms with E-state index in [4.69, 9.17) is 27.5 Å². The molecule has 1 atom stereocenters. The van der Waals surface area contributed by atoms with E-state index in [0.717, 1.165) is 5.56 Å². The van der Waals surface area contributed by atoms with Crippen molar-refractivity contribution in [3.8, 4) is 5.75 Å². The monoisotopic (exact) mass is 212 g/mol. The summed E-state index contributed by atoms with van der Waals surface area (Å²) < 4.78 is 5.41. The van der Waals surface area contributed by atoms with Crippen molar-refractivity contribution in [2.75, 3.05) is 0 Å². The van der Waals surface area contributed by atoms with E-state index in [0.29, 0.717) is 10.8 Å². The quantitative estimate of drug-likeness (QED) is 0.597. The Bertz CT molecular complexity index is 352. The van der Waals surface area contributed by atoms with Crippen LogP contribution >= 0.6 is 11.6 Å². The third-order valence-electron chi connectivity index (χ3n) is 1.83. The molecule has 0 radical (unpaired) electrons. The molecule has 4 heteroatoms. The first-order valence-corrected chi connectivity index (χ1v) is 4.65. The Hall–Kier alpha value is -1.22. The van der Waals surface area contributed by atoms with Crippen molar-refractivity contribution in [3.05, 3.63) is 28.8 Å². The summed E-state index contributed by atoms with van der Waals surface area (Å²) in [6.07, 6.45) is -0.450. The molecule has 1 aromatic carbocycles. The molecule has 0 aliphatic heterocycles. The van der Waals surface area contributed by atoms with Gasteiger partial charge in [0.05, 0.1) is 5.02 Å². The van der Waals surface area contributed by atoms with Crippen LogP contribution in [-0.2, 0) is 0 Å². The smallest absolute Gasteiger partial charge is 0.152 e. The molecule has 0 saturated carbocycles. The summed E-state index contributed by atoms with van der Waals surface area (Å²) in [7, 11) is 0. The number of nitrogens with one attached hydrogen (secondary N) is 1. The molecule has 3 nitrogen and oxygen atoms in total. The van der Waals surface area contributed by atoms with Crippen LogP contribution in [0.1, 0.15) is 12.5 Å². The van der Waals surface area contributed by atoms with E-state index in [1.54, 1.807) is 13.0 Å². The second kappa shape index (κ2) is 4.33. The maximum Gasteiger partial charge on any atom is 0.152 e. The first-order valence-electron chi connectivity index (χ1n) is 4.27. The number of hydrogen-bond acceptors (Lipinski definition) is 2. The van der Waals surface area contributed by atoms with E-state index in [1.807, 2.05) is 19.1 Å². The number of nitrogens with two attached hydrogens (primary N) is 1. The standard InChI is InChI=1S/C10H13ClN2O/c1-6-3-4-8(11)9(5-6)14-7(2)10(12)13/h3-5,7H,1-2H3,(H3,12,13). The Morgan fingerprint density at radius 3 is 2.79 bits per heavy atom. The van der Waals surface area contributed by atoms with Crippen molar-refractivity contribution in [2.24, 2.45) is 5.73 Å². The molecule has 1 unspecified atom stereocenters. The zero-order chi connectivity index (χ0) is 10.7. The Balaban J connectivity index is 2.85. The number of rotatable bonds is 3. The Kier molecular flexibility index (Phi) is 3.36. The molecule has 0 amide bonds. The van der Waals surface area contributed by atoms with Crippen LogP contribution in [0.4, 0.5) is 0 Å². The molecule has 1 aromatic rings. The van der Waals surface area contributed by atoms with Crippen LogP contribution in [0.25, 0.3) is 0 Å². The molecule has 0 spiro atoms. The van der Waals surface area contributed by atoms with Gasteiger partial charge in [0.15, 0.2) is 6.10 Å². The molecule has 3 N–H and O–H groups in total. The second-order valence-electron chi connectivity index (χ2n) is 3.15. The highest BCUT2D eigenvalue weighted by molar-refractivity contribution is 6.32. The van der Waals surface area contributed by atoms with Gasteiger partial charge in [-0.15, -0.1) is 0 Å². The van der Waals surface area contributed by atoms with Crippen molar-refractivity contribution in [1.29, 1.82) is 5.41 Å². The van der Waals surface area contributed by atoms with Gasteiger partial charge in [0.25, 0.3) is 0 Å².